The summed E-state index contributed by atoms with van der Waals surface area (Å²) in [6.45, 7) is 2.15. The van der Waals surface area contributed by atoms with Gasteiger partial charge in [-0.15, -0.1) is 0 Å². The molecule has 2 aromatic rings. The quantitative estimate of drug-likeness (QED) is 0.803. The van der Waals surface area contributed by atoms with Crippen LogP contribution < -0.4 is 15.6 Å². The zero-order valence-electron chi connectivity index (χ0n) is 16.4. The fraction of sp³-hybridized carbons (Fsp3) is 0.381. The van der Waals surface area contributed by atoms with E-state index in [0.29, 0.717) is 38.2 Å². The first kappa shape index (κ1) is 19.4. The minimum Gasteiger partial charge on any atom is -0.497 e. The monoisotopic (exact) mass is 395 g/mol. The van der Waals surface area contributed by atoms with E-state index in [9.17, 15) is 9.59 Å². The van der Waals surface area contributed by atoms with Gasteiger partial charge in [-0.1, -0.05) is 0 Å². The third kappa shape index (κ3) is 4.23. The summed E-state index contributed by atoms with van der Waals surface area (Å²) in [7, 11) is 1.60. The first-order valence-corrected chi connectivity index (χ1v) is 9.79. The highest BCUT2D eigenvalue weighted by atomic mass is 16.5. The highest BCUT2D eigenvalue weighted by Gasteiger charge is 2.34. The summed E-state index contributed by atoms with van der Waals surface area (Å²) in [5, 5.41) is 0. The fourth-order valence-electron chi connectivity index (χ4n) is 3.80. The van der Waals surface area contributed by atoms with Crippen molar-refractivity contribution in [2.24, 2.45) is 0 Å². The standard InChI is InChI=1S/C21H25N5O3/c1-29-17-4-2-16(3-5-17)20(27)25-10-12-26(13-11-25)21(28)19-14-18(23-24-19)15-6-8-22-9-7-15/h2-9,18-19,23-24H,10-14H2,1H3. The molecule has 2 unspecified atom stereocenters. The van der Waals surface area contributed by atoms with Crippen LogP contribution in [0.15, 0.2) is 48.8 Å². The number of benzene rings is 1. The van der Waals surface area contributed by atoms with Gasteiger partial charge in [0, 0.05) is 50.2 Å². The summed E-state index contributed by atoms with van der Waals surface area (Å²) in [4.78, 5) is 33.2. The third-order valence-electron chi connectivity index (χ3n) is 5.53. The van der Waals surface area contributed by atoms with E-state index >= 15 is 0 Å². The van der Waals surface area contributed by atoms with Gasteiger partial charge in [-0.05, 0) is 48.4 Å². The Kier molecular flexibility index (Phi) is 5.73. The van der Waals surface area contributed by atoms with Crippen molar-refractivity contribution in [1.82, 2.24) is 25.6 Å². The van der Waals surface area contributed by atoms with Crippen LogP contribution in [0.2, 0.25) is 0 Å². The number of nitrogens with zero attached hydrogens (tertiary/aromatic N) is 3. The number of amides is 2. The number of nitrogens with one attached hydrogen (secondary N) is 2. The molecule has 8 nitrogen and oxygen atoms in total. The van der Waals surface area contributed by atoms with E-state index in [-0.39, 0.29) is 23.9 Å². The number of hydrogen-bond donors (Lipinski definition) is 2. The van der Waals surface area contributed by atoms with E-state index in [4.69, 9.17) is 4.74 Å². The van der Waals surface area contributed by atoms with Crippen molar-refractivity contribution in [3.63, 3.8) is 0 Å². The van der Waals surface area contributed by atoms with Crippen molar-refractivity contribution in [1.29, 1.82) is 0 Å². The molecule has 29 heavy (non-hydrogen) atoms. The summed E-state index contributed by atoms with van der Waals surface area (Å²) in [6.07, 6.45) is 4.20. The number of ether oxygens (including phenoxy) is 1. The van der Waals surface area contributed by atoms with Crippen LogP contribution in [0.25, 0.3) is 0 Å². The number of hydrogen-bond acceptors (Lipinski definition) is 6. The molecule has 2 aliphatic rings. The van der Waals surface area contributed by atoms with E-state index in [1.807, 2.05) is 17.0 Å². The number of pyridine rings is 1. The number of rotatable bonds is 4. The molecular formula is C21H25N5O3. The molecule has 2 N–H and O–H groups in total. The van der Waals surface area contributed by atoms with Gasteiger partial charge in [0.2, 0.25) is 5.91 Å². The van der Waals surface area contributed by atoms with Gasteiger partial charge < -0.3 is 14.5 Å². The van der Waals surface area contributed by atoms with Gasteiger partial charge in [0.15, 0.2) is 0 Å². The van der Waals surface area contributed by atoms with Crippen LogP contribution in [-0.4, -0.2) is 65.9 Å². The second-order valence-electron chi connectivity index (χ2n) is 7.26. The lowest BCUT2D eigenvalue weighted by molar-refractivity contribution is -0.134. The number of carbonyl (C=O) groups excluding carboxylic acids is 2. The Bertz CT molecular complexity index is 850. The first-order valence-electron chi connectivity index (χ1n) is 9.79. The van der Waals surface area contributed by atoms with Crippen LogP contribution >= 0.6 is 0 Å². The Morgan fingerprint density at radius 1 is 0.966 bits per heavy atom. The average molecular weight is 395 g/mol. The lowest BCUT2D eigenvalue weighted by Crippen LogP contribution is -2.54. The van der Waals surface area contributed by atoms with Gasteiger partial charge in [0.05, 0.1) is 7.11 Å². The summed E-state index contributed by atoms with van der Waals surface area (Å²) < 4.78 is 5.14. The summed E-state index contributed by atoms with van der Waals surface area (Å²) >= 11 is 0. The Morgan fingerprint density at radius 2 is 1.62 bits per heavy atom. The van der Waals surface area contributed by atoms with E-state index in [2.05, 4.69) is 15.8 Å². The lowest BCUT2D eigenvalue weighted by Gasteiger charge is -2.36. The Balaban J connectivity index is 1.30. The van der Waals surface area contributed by atoms with E-state index in [1.165, 1.54) is 0 Å². The summed E-state index contributed by atoms with van der Waals surface area (Å²) in [5.74, 6) is 0.781. The maximum absolute atomic E-state index is 12.9. The SMILES string of the molecule is COc1ccc(C(=O)N2CCN(C(=O)C3CC(c4ccncc4)NN3)CC2)cc1. The minimum atomic E-state index is -0.267. The fourth-order valence-corrected chi connectivity index (χ4v) is 3.80. The molecular weight excluding hydrogens is 370 g/mol. The van der Waals surface area contributed by atoms with Crippen molar-refractivity contribution < 1.29 is 14.3 Å². The predicted molar refractivity (Wildman–Crippen MR) is 107 cm³/mol. The molecule has 0 bridgehead atoms. The number of piperazine rings is 1. The largest absolute Gasteiger partial charge is 0.497 e. The number of hydrazine groups is 1. The molecule has 0 spiro atoms. The molecule has 152 valence electrons. The second-order valence-corrected chi connectivity index (χ2v) is 7.26. The van der Waals surface area contributed by atoms with E-state index in [0.717, 1.165) is 11.3 Å². The van der Waals surface area contributed by atoms with Crippen molar-refractivity contribution in [2.75, 3.05) is 33.3 Å². The van der Waals surface area contributed by atoms with Gasteiger partial charge in [-0.25, -0.2) is 10.9 Å². The van der Waals surface area contributed by atoms with Gasteiger partial charge in [-0.2, -0.15) is 0 Å². The zero-order chi connectivity index (χ0) is 20.2. The van der Waals surface area contributed by atoms with Crippen molar-refractivity contribution in [3.8, 4) is 5.75 Å². The Labute approximate surface area is 169 Å². The molecule has 2 atom stereocenters. The summed E-state index contributed by atoms with van der Waals surface area (Å²) in [6, 6.07) is 10.8. The average Bonchev–Trinajstić information content (AvgIpc) is 3.29. The van der Waals surface area contributed by atoms with Crippen molar-refractivity contribution >= 4 is 11.8 Å². The maximum atomic E-state index is 12.9. The molecule has 1 aromatic heterocycles. The summed E-state index contributed by atoms with van der Waals surface area (Å²) in [5.41, 5.74) is 8.06. The molecule has 8 heteroatoms. The molecule has 2 amide bonds. The topological polar surface area (TPSA) is 86.8 Å². The highest BCUT2D eigenvalue weighted by Crippen LogP contribution is 2.23. The predicted octanol–water partition coefficient (Wildman–Crippen LogP) is 0.982. The molecule has 1 aromatic carbocycles. The van der Waals surface area contributed by atoms with Crippen molar-refractivity contribution in [2.45, 2.75) is 18.5 Å². The van der Waals surface area contributed by atoms with Gasteiger partial charge in [0.1, 0.15) is 11.8 Å². The Morgan fingerprint density at radius 3 is 2.28 bits per heavy atom. The molecule has 0 radical (unpaired) electrons. The number of carbonyl (C=O) groups is 2. The van der Waals surface area contributed by atoms with Crippen LogP contribution in [0.1, 0.15) is 28.4 Å². The molecule has 0 saturated carbocycles. The smallest absolute Gasteiger partial charge is 0.253 e. The normalized spacial score (nSPS) is 21.8. The van der Waals surface area contributed by atoms with Crippen LogP contribution in [0.3, 0.4) is 0 Å². The first-order chi connectivity index (χ1) is 14.2. The van der Waals surface area contributed by atoms with Crippen LogP contribution in [0, 0.1) is 0 Å². The van der Waals surface area contributed by atoms with Gasteiger partial charge in [0.25, 0.3) is 5.91 Å². The number of methoxy groups -OCH3 is 1. The van der Waals surface area contributed by atoms with Crippen molar-refractivity contribution in [3.05, 3.63) is 59.9 Å². The maximum Gasteiger partial charge on any atom is 0.253 e. The molecule has 2 saturated heterocycles. The highest BCUT2D eigenvalue weighted by molar-refractivity contribution is 5.94. The van der Waals surface area contributed by atoms with Crippen LogP contribution in [-0.2, 0) is 4.79 Å². The molecule has 2 aliphatic heterocycles. The lowest BCUT2D eigenvalue weighted by atomic mass is 10.0. The zero-order valence-corrected chi connectivity index (χ0v) is 16.4. The minimum absolute atomic E-state index is 0.0156. The van der Waals surface area contributed by atoms with Crippen LogP contribution in [0.4, 0.5) is 0 Å². The van der Waals surface area contributed by atoms with Gasteiger partial charge >= 0.3 is 0 Å². The van der Waals surface area contributed by atoms with Crippen LogP contribution in [0.5, 0.6) is 5.75 Å². The van der Waals surface area contributed by atoms with E-state index in [1.54, 1.807) is 48.7 Å². The molecule has 2 fully saturated rings. The second kappa shape index (κ2) is 8.59. The Hall–Kier alpha value is -2.97. The molecule has 3 heterocycles. The van der Waals surface area contributed by atoms with E-state index < -0.39 is 0 Å². The van der Waals surface area contributed by atoms with Gasteiger partial charge in [-0.3, -0.25) is 14.6 Å². The molecule has 4 rings (SSSR count). The number of aromatic nitrogens is 1. The third-order valence-corrected chi connectivity index (χ3v) is 5.53. The molecule has 0 aliphatic carbocycles.